The van der Waals surface area contributed by atoms with Crippen LogP contribution in [0.3, 0.4) is 0 Å². The molecule has 0 spiro atoms. The van der Waals surface area contributed by atoms with Crippen LogP contribution in [0.15, 0.2) is 78.9 Å². The Balaban J connectivity index is 1.41. The quantitative estimate of drug-likeness (QED) is 0.430. The molecule has 0 bridgehead atoms. The summed E-state index contributed by atoms with van der Waals surface area (Å²) in [7, 11) is 0. The zero-order valence-corrected chi connectivity index (χ0v) is 19.0. The summed E-state index contributed by atoms with van der Waals surface area (Å²) >= 11 is 0. The molecule has 36 heavy (non-hydrogen) atoms. The Hall–Kier alpha value is -4.34. The maximum atomic E-state index is 12.9. The smallest absolute Gasteiger partial charge is 0.324 e. The zero-order chi connectivity index (χ0) is 25.7. The van der Waals surface area contributed by atoms with Crippen molar-refractivity contribution in [2.45, 2.75) is 25.1 Å². The van der Waals surface area contributed by atoms with Crippen molar-refractivity contribution >= 4 is 34.9 Å². The standard InChI is InChI=1S/C26H23F3N4O3/c27-26(28,29)18-8-5-12-21(16-18)30-23(34)17-7-4-11-20(15-17)31-24(35)22-13-6-14-33(22)25(36)32-19-9-2-1-3-10-19/h1-5,7-12,15-16,22H,6,13-14H2,(H,30,34)(H,31,35)(H,32,36). The molecule has 0 saturated carbocycles. The molecule has 1 atom stereocenters. The van der Waals surface area contributed by atoms with E-state index in [-0.39, 0.29) is 17.3 Å². The fourth-order valence-corrected chi connectivity index (χ4v) is 3.94. The van der Waals surface area contributed by atoms with E-state index in [1.165, 1.54) is 29.2 Å². The Morgan fingerprint density at radius 1 is 0.778 bits per heavy atom. The lowest BCUT2D eigenvalue weighted by molar-refractivity contribution is -0.137. The first-order chi connectivity index (χ1) is 17.2. The molecule has 0 radical (unpaired) electrons. The average Bonchev–Trinajstić information content (AvgIpc) is 3.35. The minimum atomic E-state index is -4.53. The van der Waals surface area contributed by atoms with Crippen molar-refractivity contribution in [1.29, 1.82) is 0 Å². The minimum absolute atomic E-state index is 0.00436. The monoisotopic (exact) mass is 496 g/mol. The summed E-state index contributed by atoms with van der Waals surface area (Å²) in [5, 5.41) is 7.95. The second-order valence-electron chi connectivity index (χ2n) is 8.25. The van der Waals surface area contributed by atoms with Crippen LogP contribution in [0.5, 0.6) is 0 Å². The molecule has 1 unspecified atom stereocenters. The van der Waals surface area contributed by atoms with E-state index >= 15 is 0 Å². The van der Waals surface area contributed by atoms with E-state index in [1.807, 2.05) is 6.07 Å². The number of nitrogens with one attached hydrogen (secondary N) is 3. The molecule has 0 aliphatic carbocycles. The highest BCUT2D eigenvalue weighted by Crippen LogP contribution is 2.31. The number of benzene rings is 3. The molecule has 3 N–H and O–H groups in total. The summed E-state index contributed by atoms with van der Waals surface area (Å²) in [5.74, 6) is -1.03. The van der Waals surface area contributed by atoms with E-state index in [0.29, 0.717) is 30.8 Å². The predicted molar refractivity (Wildman–Crippen MR) is 130 cm³/mol. The van der Waals surface area contributed by atoms with Crippen molar-refractivity contribution in [2.24, 2.45) is 0 Å². The number of rotatable bonds is 5. The van der Waals surface area contributed by atoms with Gasteiger partial charge in [0.2, 0.25) is 5.91 Å². The number of hydrogen-bond donors (Lipinski definition) is 3. The molecular formula is C26H23F3N4O3. The highest BCUT2D eigenvalue weighted by Gasteiger charge is 2.34. The van der Waals surface area contributed by atoms with Crippen molar-refractivity contribution < 1.29 is 27.6 Å². The maximum Gasteiger partial charge on any atom is 0.416 e. The minimum Gasteiger partial charge on any atom is -0.324 e. The predicted octanol–water partition coefficient (Wildman–Crippen LogP) is 5.59. The second-order valence-corrected chi connectivity index (χ2v) is 8.25. The average molecular weight is 496 g/mol. The van der Waals surface area contributed by atoms with E-state index in [9.17, 15) is 27.6 Å². The highest BCUT2D eigenvalue weighted by atomic mass is 19.4. The number of likely N-dealkylation sites (tertiary alicyclic amines) is 1. The van der Waals surface area contributed by atoms with Crippen molar-refractivity contribution in [2.75, 3.05) is 22.5 Å². The summed E-state index contributed by atoms with van der Waals surface area (Å²) in [6.07, 6.45) is -3.37. The number of hydrogen-bond acceptors (Lipinski definition) is 3. The van der Waals surface area contributed by atoms with Crippen LogP contribution in [0.2, 0.25) is 0 Å². The SMILES string of the molecule is O=C(Nc1cccc(C(F)(F)F)c1)c1cccc(NC(=O)C2CCCN2C(=O)Nc2ccccc2)c1. The molecular weight excluding hydrogens is 473 g/mol. The van der Waals surface area contributed by atoms with Crippen LogP contribution in [-0.2, 0) is 11.0 Å². The van der Waals surface area contributed by atoms with Crippen LogP contribution in [0.1, 0.15) is 28.8 Å². The lowest BCUT2D eigenvalue weighted by Crippen LogP contribution is -2.45. The van der Waals surface area contributed by atoms with Crippen LogP contribution >= 0.6 is 0 Å². The molecule has 3 aromatic carbocycles. The molecule has 1 aliphatic rings. The molecule has 1 aliphatic heterocycles. The first-order valence-electron chi connectivity index (χ1n) is 11.2. The molecule has 186 valence electrons. The maximum absolute atomic E-state index is 12.9. The number of halogens is 3. The molecule has 10 heteroatoms. The third kappa shape index (κ3) is 6.01. The van der Waals surface area contributed by atoms with Crippen molar-refractivity contribution in [1.82, 2.24) is 4.90 Å². The van der Waals surface area contributed by atoms with Gasteiger partial charge >= 0.3 is 12.2 Å². The summed E-state index contributed by atoms with van der Waals surface area (Å²) in [6, 6.07) is 18.2. The number of nitrogens with zero attached hydrogens (tertiary/aromatic N) is 1. The molecule has 4 rings (SSSR count). The van der Waals surface area contributed by atoms with Gasteiger partial charge in [0, 0.05) is 29.2 Å². The Bertz CT molecular complexity index is 1260. The van der Waals surface area contributed by atoms with Gasteiger partial charge < -0.3 is 20.9 Å². The van der Waals surface area contributed by atoms with Crippen LogP contribution in [0.4, 0.5) is 35.0 Å². The van der Waals surface area contributed by atoms with Crippen molar-refractivity contribution in [3.8, 4) is 0 Å². The Kier molecular flexibility index (Phi) is 7.23. The number of carbonyl (C=O) groups is 3. The fraction of sp³-hybridized carbons (Fsp3) is 0.192. The summed E-state index contributed by atoms with van der Waals surface area (Å²) in [4.78, 5) is 39.7. The van der Waals surface area contributed by atoms with Gasteiger partial charge in [-0.05, 0) is 61.4 Å². The lowest BCUT2D eigenvalue weighted by Gasteiger charge is -2.24. The number of amides is 4. The molecule has 1 fully saturated rings. The van der Waals surface area contributed by atoms with Crippen LogP contribution in [0.25, 0.3) is 0 Å². The van der Waals surface area contributed by atoms with Gasteiger partial charge in [0.25, 0.3) is 5.91 Å². The van der Waals surface area contributed by atoms with E-state index < -0.39 is 29.6 Å². The molecule has 7 nitrogen and oxygen atoms in total. The fourth-order valence-electron chi connectivity index (χ4n) is 3.94. The van der Waals surface area contributed by atoms with Gasteiger partial charge in [-0.15, -0.1) is 0 Å². The number of anilines is 3. The summed E-state index contributed by atoms with van der Waals surface area (Å²) in [5.41, 5.74) is 0.212. The zero-order valence-electron chi connectivity index (χ0n) is 19.0. The highest BCUT2D eigenvalue weighted by molar-refractivity contribution is 6.06. The largest absolute Gasteiger partial charge is 0.416 e. The van der Waals surface area contributed by atoms with Crippen LogP contribution < -0.4 is 16.0 Å². The summed E-state index contributed by atoms with van der Waals surface area (Å²) in [6.45, 7) is 0.427. The number of urea groups is 1. The molecule has 4 amide bonds. The number of para-hydroxylation sites is 1. The normalized spacial score (nSPS) is 15.3. The first-order valence-corrected chi connectivity index (χ1v) is 11.2. The van der Waals surface area contributed by atoms with Gasteiger partial charge in [-0.25, -0.2) is 4.79 Å². The van der Waals surface area contributed by atoms with E-state index in [1.54, 1.807) is 36.4 Å². The van der Waals surface area contributed by atoms with Gasteiger partial charge in [0.05, 0.1) is 5.56 Å². The van der Waals surface area contributed by atoms with Crippen molar-refractivity contribution in [3.05, 3.63) is 90.0 Å². The van der Waals surface area contributed by atoms with Crippen LogP contribution in [0, 0.1) is 0 Å². The van der Waals surface area contributed by atoms with Gasteiger partial charge in [-0.3, -0.25) is 9.59 Å². The van der Waals surface area contributed by atoms with Gasteiger partial charge in [0.15, 0.2) is 0 Å². The van der Waals surface area contributed by atoms with Gasteiger partial charge in [-0.1, -0.05) is 30.3 Å². The van der Waals surface area contributed by atoms with E-state index in [0.717, 1.165) is 12.1 Å². The number of alkyl halides is 3. The van der Waals surface area contributed by atoms with Gasteiger partial charge in [-0.2, -0.15) is 13.2 Å². The third-order valence-electron chi connectivity index (χ3n) is 5.68. The first kappa shape index (κ1) is 24.8. The second kappa shape index (κ2) is 10.5. The van der Waals surface area contributed by atoms with E-state index in [4.69, 9.17) is 0 Å². The molecule has 0 aromatic heterocycles. The molecule has 1 saturated heterocycles. The van der Waals surface area contributed by atoms with Gasteiger partial charge in [0.1, 0.15) is 6.04 Å². The Labute approximate surface area is 205 Å². The Morgan fingerprint density at radius 2 is 1.44 bits per heavy atom. The number of carbonyl (C=O) groups excluding carboxylic acids is 3. The summed E-state index contributed by atoms with van der Waals surface area (Å²) < 4.78 is 38.8. The Morgan fingerprint density at radius 3 is 2.17 bits per heavy atom. The van der Waals surface area contributed by atoms with Crippen LogP contribution in [-0.4, -0.2) is 35.3 Å². The lowest BCUT2D eigenvalue weighted by atomic mass is 10.1. The molecule has 3 aromatic rings. The van der Waals surface area contributed by atoms with E-state index in [2.05, 4.69) is 16.0 Å². The topological polar surface area (TPSA) is 90.5 Å². The molecule has 1 heterocycles. The third-order valence-corrected chi connectivity index (χ3v) is 5.68. The van der Waals surface area contributed by atoms with Crippen molar-refractivity contribution in [3.63, 3.8) is 0 Å².